The number of nitrogens with zero attached hydrogens (tertiary/aromatic N) is 3. The van der Waals surface area contributed by atoms with E-state index in [1.54, 1.807) is 6.07 Å². The van der Waals surface area contributed by atoms with Gasteiger partial charge in [-0.05, 0) is 48.6 Å². The Morgan fingerprint density at radius 2 is 2.00 bits per heavy atom. The third-order valence-corrected chi connectivity index (χ3v) is 5.03. The van der Waals surface area contributed by atoms with Gasteiger partial charge >= 0.3 is 6.16 Å². The lowest BCUT2D eigenvalue weighted by Crippen LogP contribution is -2.14. The molecule has 1 aliphatic rings. The van der Waals surface area contributed by atoms with Gasteiger partial charge in [0.1, 0.15) is 5.75 Å². The quantitative estimate of drug-likeness (QED) is 0.482. The number of fused-ring (bicyclic) bond motifs is 2. The van der Waals surface area contributed by atoms with Crippen molar-refractivity contribution in [3.05, 3.63) is 70.0 Å². The summed E-state index contributed by atoms with van der Waals surface area (Å²) in [5.41, 5.74) is 2.02. The molecule has 156 valence electrons. The van der Waals surface area contributed by atoms with E-state index in [1.807, 2.05) is 12.1 Å². The summed E-state index contributed by atoms with van der Waals surface area (Å²) < 4.78 is 26.0. The van der Waals surface area contributed by atoms with Gasteiger partial charge in [-0.25, -0.2) is 18.9 Å². The summed E-state index contributed by atoms with van der Waals surface area (Å²) in [4.78, 5) is 29.9. The van der Waals surface area contributed by atoms with E-state index in [0.29, 0.717) is 5.75 Å². The van der Waals surface area contributed by atoms with Gasteiger partial charge in [0.05, 0.1) is 23.3 Å². The maximum absolute atomic E-state index is 14.7. The second kappa shape index (κ2) is 7.24. The monoisotopic (exact) mass is 422 g/mol. The molecular formula is C21H15FN4O5. The molecule has 9 nitrogen and oxygen atoms in total. The van der Waals surface area contributed by atoms with Gasteiger partial charge in [-0.2, -0.15) is 5.10 Å². The first-order chi connectivity index (χ1) is 15.0. The molecule has 1 aliphatic carbocycles. The molecule has 0 aliphatic heterocycles. The van der Waals surface area contributed by atoms with Crippen LogP contribution in [-0.4, -0.2) is 31.0 Å². The van der Waals surface area contributed by atoms with E-state index < -0.39 is 17.5 Å². The molecule has 0 bridgehead atoms. The number of rotatable bonds is 4. The molecule has 0 saturated carbocycles. The van der Waals surface area contributed by atoms with Gasteiger partial charge in [-0.1, -0.05) is 6.07 Å². The predicted octanol–water partition coefficient (Wildman–Crippen LogP) is 3.59. The van der Waals surface area contributed by atoms with Gasteiger partial charge in [0.15, 0.2) is 17.3 Å². The fourth-order valence-electron chi connectivity index (χ4n) is 3.63. The number of aryl methyl sites for hydroxylation is 2. The zero-order valence-electron chi connectivity index (χ0n) is 16.0. The number of hydrogen-bond donors (Lipinski definition) is 2. The second-order valence-corrected chi connectivity index (χ2v) is 7.06. The first kappa shape index (κ1) is 18.8. The summed E-state index contributed by atoms with van der Waals surface area (Å²) in [5.74, 6) is -0.333. The van der Waals surface area contributed by atoms with Crippen LogP contribution in [0.2, 0.25) is 0 Å². The van der Waals surface area contributed by atoms with Crippen LogP contribution < -0.4 is 15.0 Å². The molecule has 0 unspecified atom stereocenters. The summed E-state index contributed by atoms with van der Waals surface area (Å²) in [6.45, 7) is 0. The summed E-state index contributed by atoms with van der Waals surface area (Å²) >= 11 is 0. The van der Waals surface area contributed by atoms with Crippen LogP contribution in [0.1, 0.15) is 17.5 Å². The molecule has 2 N–H and O–H groups in total. The minimum atomic E-state index is -1.50. The maximum atomic E-state index is 14.7. The van der Waals surface area contributed by atoms with Crippen molar-refractivity contribution in [2.75, 3.05) is 0 Å². The highest BCUT2D eigenvalue weighted by Crippen LogP contribution is 2.31. The minimum Gasteiger partial charge on any atom is -0.454 e. The van der Waals surface area contributed by atoms with Crippen molar-refractivity contribution in [3.8, 4) is 23.2 Å². The van der Waals surface area contributed by atoms with Crippen molar-refractivity contribution in [1.82, 2.24) is 19.7 Å². The Morgan fingerprint density at radius 3 is 2.84 bits per heavy atom. The lowest BCUT2D eigenvalue weighted by Gasteiger charge is -2.10. The summed E-state index contributed by atoms with van der Waals surface area (Å²) in [6.07, 6.45) is 3.95. The average Bonchev–Trinajstić information content (AvgIpc) is 3.37. The first-order valence-electron chi connectivity index (χ1n) is 9.45. The van der Waals surface area contributed by atoms with Gasteiger partial charge in [0.25, 0.3) is 5.56 Å². The van der Waals surface area contributed by atoms with Crippen molar-refractivity contribution >= 4 is 17.1 Å². The van der Waals surface area contributed by atoms with Crippen LogP contribution in [0.4, 0.5) is 9.18 Å². The highest BCUT2D eigenvalue weighted by atomic mass is 19.1. The zero-order chi connectivity index (χ0) is 21.5. The SMILES string of the molecule is O=C(O)Oc1cnn(-c2nc3cc(F)c(Oc4ccc5c(c4)CCC5)cc3c(=O)[nH]2)c1. The summed E-state index contributed by atoms with van der Waals surface area (Å²) in [5, 5.41) is 12.7. The van der Waals surface area contributed by atoms with Crippen LogP contribution in [0.3, 0.4) is 0 Å². The molecule has 2 aromatic heterocycles. The number of nitrogens with one attached hydrogen (secondary N) is 1. The molecule has 4 aromatic rings. The smallest absolute Gasteiger partial charge is 0.454 e. The Kier molecular flexibility index (Phi) is 4.39. The van der Waals surface area contributed by atoms with E-state index in [4.69, 9.17) is 9.84 Å². The Labute approximate surface area is 173 Å². The molecule has 10 heteroatoms. The summed E-state index contributed by atoms with van der Waals surface area (Å²) in [6, 6.07) is 8.06. The van der Waals surface area contributed by atoms with Crippen LogP contribution in [0.5, 0.6) is 17.2 Å². The van der Waals surface area contributed by atoms with Crippen LogP contribution in [0.25, 0.3) is 16.9 Å². The molecule has 0 spiro atoms. The Bertz CT molecular complexity index is 1390. The number of aromatic nitrogens is 4. The number of hydrogen-bond acceptors (Lipinski definition) is 6. The van der Waals surface area contributed by atoms with E-state index in [2.05, 4.69) is 19.8 Å². The normalized spacial score (nSPS) is 12.7. The topological polar surface area (TPSA) is 119 Å². The highest BCUT2D eigenvalue weighted by molar-refractivity contribution is 5.80. The Morgan fingerprint density at radius 1 is 1.16 bits per heavy atom. The van der Waals surface area contributed by atoms with Crippen molar-refractivity contribution < 1.29 is 23.8 Å². The largest absolute Gasteiger partial charge is 0.511 e. The van der Waals surface area contributed by atoms with Gasteiger partial charge in [-0.3, -0.25) is 9.78 Å². The lowest BCUT2D eigenvalue weighted by atomic mass is 10.1. The molecule has 2 aromatic carbocycles. The number of aromatic amines is 1. The van der Waals surface area contributed by atoms with Crippen molar-refractivity contribution in [2.24, 2.45) is 0 Å². The predicted molar refractivity (Wildman–Crippen MR) is 107 cm³/mol. The lowest BCUT2D eigenvalue weighted by molar-refractivity contribution is 0.144. The van der Waals surface area contributed by atoms with Crippen LogP contribution >= 0.6 is 0 Å². The average molecular weight is 422 g/mol. The number of H-pyrrole nitrogens is 1. The van der Waals surface area contributed by atoms with E-state index in [0.717, 1.165) is 36.2 Å². The number of ether oxygens (including phenoxy) is 2. The number of benzene rings is 2. The van der Waals surface area contributed by atoms with E-state index in [-0.39, 0.29) is 28.4 Å². The third kappa shape index (κ3) is 3.59. The van der Waals surface area contributed by atoms with Gasteiger partial charge < -0.3 is 14.6 Å². The van der Waals surface area contributed by atoms with Crippen molar-refractivity contribution in [1.29, 1.82) is 0 Å². The van der Waals surface area contributed by atoms with Crippen LogP contribution in [-0.2, 0) is 12.8 Å². The third-order valence-electron chi connectivity index (χ3n) is 5.03. The Hall–Kier alpha value is -4.21. The molecule has 0 atom stereocenters. The summed E-state index contributed by atoms with van der Waals surface area (Å²) in [7, 11) is 0. The van der Waals surface area contributed by atoms with E-state index in [9.17, 15) is 14.0 Å². The van der Waals surface area contributed by atoms with E-state index >= 15 is 0 Å². The van der Waals surface area contributed by atoms with Crippen LogP contribution in [0, 0.1) is 5.82 Å². The molecule has 0 radical (unpaired) electrons. The fraction of sp³-hybridized carbons (Fsp3) is 0.143. The molecule has 0 saturated heterocycles. The molecule has 0 amide bonds. The number of halogens is 1. The second-order valence-electron chi connectivity index (χ2n) is 7.06. The first-order valence-corrected chi connectivity index (χ1v) is 9.45. The van der Waals surface area contributed by atoms with Crippen molar-refractivity contribution in [2.45, 2.75) is 19.3 Å². The standard InChI is InChI=1S/C21H15FN4O5/c22-16-8-17-15(7-18(16)30-13-5-4-11-2-1-3-12(11)6-13)19(27)25-20(24-17)26-10-14(9-23-26)31-21(28)29/h4-10H,1-3H2,(H,28,29)(H,24,25,27). The molecule has 0 fully saturated rings. The number of carboxylic acid groups (broad SMARTS) is 1. The van der Waals surface area contributed by atoms with Gasteiger partial charge in [0.2, 0.25) is 5.95 Å². The van der Waals surface area contributed by atoms with Crippen molar-refractivity contribution in [3.63, 3.8) is 0 Å². The molecule has 2 heterocycles. The zero-order valence-corrected chi connectivity index (χ0v) is 16.0. The van der Waals surface area contributed by atoms with Gasteiger partial charge in [0, 0.05) is 6.07 Å². The Balaban J connectivity index is 1.49. The minimum absolute atomic E-state index is 0.0237. The van der Waals surface area contributed by atoms with Crippen LogP contribution in [0.15, 0.2) is 47.5 Å². The van der Waals surface area contributed by atoms with Gasteiger partial charge in [-0.15, -0.1) is 0 Å². The van der Waals surface area contributed by atoms with E-state index in [1.165, 1.54) is 23.4 Å². The molecule has 5 rings (SSSR count). The molecule has 31 heavy (non-hydrogen) atoms. The molecular weight excluding hydrogens is 407 g/mol. The maximum Gasteiger partial charge on any atom is 0.511 e. The number of carbonyl (C=O) groups is 1. The highest BCUT2D eigenvalue weighted by Gasteiger charge is 2.16. The fourth-order valence-corrected chi connectivity index (χ4v) is 3.63.